The number of carboxylic acid groups (broad SMARTS) is 1. The maximum absolute atomic E-state index is 11.2. The Hall–Kier alpha value is -2.69. The largest absolute Gasteiger partial charge is 0.507 e. The summed E-state index contributed by atoms with van der Waals surface area (Å²) in [6.45, 7) is 3.12. The van der Waals surface area contributed by atoms with E-state index in [0.717, 1.165) is 17.7 Å². The molecule has 5 nitrogen and oxygen atoms in total. The third-order valence-corrected chi connectivity index (χ3v) is 4.05. The van der Waals surface area contributed by atoms with Crippen molar-refractivity contribution in [3.05, 3.63) is 53.6 Å². The molecule has 0 heterocycles. The molecular formula is C21H26O5. The fourth-order valence-electron chi connectivity index (χ4n) is 2.59. The number of hydrogen-bond donors (Lipinski definition) is 2. The van der Waals surface area contributed by atoms with E-state index in [4.69, 9.17) is 9.47 Å². The molecule has 140 valence electrons. The molecule has 0 unspecified atom stereocenters. The molecule has 0 atom stereocenters. The SMILES string of the molecule is CCCCCCCOc1ccc(COc2cccc(O)c2C(=O)O)cc1. The number of phenols is 1. The number of aromatic carboxylic acids is 1. The lowest BCUT2D eigenvalue weighted by molar-refractivity contribution is 0.0688. The van der Waals surface area contributed by atoms with E-state index in [-0.39, 0.29) is 23.7 Å². The van der Waals surface area contributed by atoms with Crippen LogP contribution in [0.5, 0.6) is 17.2 Å². The predicted octanol–water partition coefficient (Wildman–Crippen LogP) is 5.02. The zero-order valence-electron chi connectivity index (χ0n) is 15.1. The molecular weight excluding hydrogens is 332 g/mol. The molecule has 0 bridgehead atoms. The summed E-state index contributed by atoms with van der Waals surface area (Å²) in [5, 5.41) is 18.8. The second-order valence-electron chi connectivity index (χ2n) is 6.15. The third-order valence-electron chi connectivity index (χ3n) is 4.05. The summed E-state index contributed by atoms with van der Waals surface area (Å²) in [5.74, 6) is -0.573. The summed E-state index contributed by atoms with van der Waals surface area (Å²) >= 11 is 0. The average Bonchev–Trinajstić information content (AvgIpc) is 2.63. The first kappa shape index (κ1) is 19.6. The first-order valence-electron chi connectivity index (χ1n) is 9.01. The molecule has 0 saturated heterocycles. The quantitative estimate of drug-likeness (QED) is 0.552. The number of rotatable bonds is 11. The van der Waals surface area contributed by atoms with Crippen LogP contribution in [0.1, 0.15) is 54.9 Å². The van der Waals surface area contributed by atoms with Gasteiger partial charge in [-0.05, 0) is 36.2 Å². The van der Waals surface area contributed by atoms with Gasteiger partial charge in [0, 0.05) is 0 Å². The standard InChI is InChI=1S/C21H26O5/c1-2-3-4-5-6-14-25-17-12-10-16(11-13-17)15-26-19-9-7-8-18(22)20(19)21(23)24/h7-13,22H,2-6,14-15H2,1H3,(H,23,24). The summed E-state index contributed by atoms with van der Waals surface area (Å²) < 4.78 is 11.3. The van der Waals surface area contributed by atoms with Gasteiger partial charge >= 0.3 is 5.97 Å². The Bertz CT molecular complexity index is 694. The smallest absolute Gasteiger partial charge is 0.343 e. The highest BCUT2D eigenvalue weighted by Crippen LogP contribution is 2.28. The van der Waals surface area contributed by atoms with Crippen molar-refractivity contribution in [1.29, 1.82) is 0 Å². The average molecular weight is 358 g/mol. The Labute approximate surface area is 154 Å². The number of benzene rings is 2. The third kappa shape index (κ3) is 5.99. The second-order valence-corrected chi connectivity index (χ2v) is 6.15. The van der Waals surface area contributed by atoms with Crippen LogP contribution in [0.2, 0.25) is 0 Å². The highest BCUT2D eigenvalue weighted by molar-refractivity contribution is 5.93. The Balaban J connectivity index is 1.83. The van der Waals surface area contributed by atoms with Gasteiger partial charge in [-0.3, -0.25) is 0 Å². The predicted molar refractivity (Wildman–Crippen MR) is 100 cm³/mol. The lowest BCUT2D eigenvalue weighted by Gasteiger charge is -2.11. The number of aromatic hydroxyl groups is 1. The van der Waals surface area contributed by atoms with Gasteiger partial charge in [0.1, 0.15) is 29.4 Å². The zero-order valence-corrected chi connectivity index (χ0v) is 15.1. The van der Waals surface area contributed by atoms with Gasteiger partial charge in [-0.25, -0.2) is 4.79 Å². The van der Waals surface area contributed by atoms with Gasteiger partial charge in [0.15, 0.2) is 0 Å². The molecule has 2 N–H and O–H groups in total. The van der Waals surface area contributed by atoms with Gasteiger partial charge in [0.25, 0.3) is 0 Å². The van der Waals surface area contributed by atoms with Gasteiger partial charge in [0.2, 0.25) is 0 Å². The Morgan fingerprint density at radius 3 is 2.38 bits per heavy atom. The van der Waals surface area contributed by atoms with Gasteiger partial charge in [-0.2, -0.15) is 0 Å². The van der Waals surface area contributed by atoms with Crippen LogP contribution < -0.4 is 9.47 Å². The fourth-order valence-corrected chi connectivity index (χ4v) is 2.59. The van der Waals surface area contributed by atoms with Crippen LogP contribution >= 0.6 is 0 Å². The minimum Gasteiger partial charge on any atom is -0.507 e. The van der Waals surface area contributed by atoms with Crippen molar-refractivity contribution in [1.82, 2.24) is 0 Å². The molecule has 5 heteroatoms. The fraction of sp³-hybridized carbons (Fsp3) is 0.381. The number of hydrogen-bond acceptors (Lipinski definition) is 4. The molecule has 0 aliphatic carbocycles. The van der Waals surface area contributed by atoms with Crippen LogP contribution in [0.3, 0.4) is 0 Å². The topological polar surface area (TPSA) is 76.0 Å². The summed E-state index contributed by atoms with van der Waals surface area (Å²) in [4.78, 5) is 11.2. The van der Waals surface area contributed by atoms with Gasteiger partial charge < -0.3 is 19.7 Å². The highest BCUT2D eigenvalue weighted by Gasteiger charge is 2.16. The van der Waals surface area contributed by atoms with Crippen LogP contribution in [-0.2, 0) is 6.61 Å². The highest BCUT2D eigenvalue weighted by atomic mass is 16.5. The monoisotopic (exact) mass is 358 g/mol. The van der Waals surface area contributed by atoms with Crippen molar-refractivity contribution in [2.75, 3.05) is 6.61 Å². The van der Waals surface area contributed by atoms with E-state index < -0.39 is 5.97 Å². The molecule has 0 spiro atoms. The van der Waals surface area contributed by atoms with Crippen LogP contribution in [-0.4, -0.2) is 22.8 Å². The minimum absolute atomic E-state index is 0.143. The van der Waals surface area contributed by atoms with E-state index in [1.807, 2.05) is 24.3 Å². The molecule has 2 aromatic carbocycles. The van der Waals surface area contributed by atoms with Crippen LogP contribution in [0.15, 0.2) is 42.5 Å². The molecule has 0 aromatic heterocycles. The summed E-state index contributed by atoms with van der Waals surface area (Å²) in [6, 6.07) is 11.9. The maximum Gasteiger partial charge on any atom is 0.343 e. The van der Waals surface area contributed by atoms with E-state index in [1.54, 1.807) is 6.07 Å². The maximum atomic E-state index is 11.2. The Morgan fingerprint density at radius 1 is 0.962 bits per heavy atom. The van der Waals surface area contributed by atoms with Gasteiger partial charge in [0.05, 0.1) is 6.61 Å². The summed E-state index contributed by atoms with van der Waals surface area (Å²) in [5.41, 5.74) is 0.663. The molecule has 0 fully saturated rings. The number of unbranched alkanes of at least 4 members (excludes halogenated alkanes) is 4. The van der Waals surface area contributed by atoms with Crippen molar-refractivity contribution in [2.24, 2.45) is 0 Å². The molecule has 0 amide bonds. The normalized spacial score (nSPS) is 10.5. The molecule has 0 saturated carbocycles. The summed E-state index contributed by atoms with van der Waals surface area (Å²) in [7, 11) is 0. The molecule has 0 radical (unpaired) electrons. The van der Waals surface area contributed by atoms with Crippen LogP contribution in [0.4, 0.5) is 0 Å². The van der Waals surface area contributed by atoms with Crippen LogP contribution in [0, 0.1) is 0 Å². The van der Waals surface area contributed by atoms with E-state index in [0.29, 0.717) is 6.61 Å². The molecule has 0 aliphatic heterocycles. The first-order valence-corrected chi connectivity index (χ1v) is 9.01. The van der Waals surface area contributed by atoms with Crippen molar-refractivity contribution >= 4 is 5.97 Å². The Kier molecular flexibility index (Phi) is 7.80. The van der Waals surface area contributed by atoms with Crippen molar-refractivity contribution in [3.63, 3.8) is 0 Å². The molecule has 2 rings (SSSR count). The summed E-state index contributed by atoms with van der Waals surface area (Å²) in [6.07, 6.45) is 6.01. The number of carboxylic acids is 1. The van der Waals surface area contributed by atoms with E-state index >= 15 is 0 Å². The van der Waals surface area contributed by atoms with Crippen molar-refractivity contribution in [2.45, 2.75) is 45.6 Å². The lowest BCUT2D eigenvalue weighted by atomic mass is 10.1. The minimum atomic E-state index is -1.22. The van der Waals surface area contributed by atoms with Gasteiger partial charge in [-0.15, -0.1) is 0 Å². The van der Waals surface area contributed by atoms with E-state index in [9.17, 15) is 15.0 Å². The zero-order chi connectivity index (χ0) is 18.8. The first-order chi connectivity index (χ1) is 12.6. The second kappa shape index (κ2) is 10.3. The molecule has 26 heavy (non-hydrogen) atoms. The van der Waals surface area contributed by atoms with Crippen LogP contribution in [0.25, 0.3) is 0 Å². The Morgan fingerprint density at radius 2 is 1.69 bits per heavy atom. The number of carbonyl (C=O) groups is 1. The lowest BCUT2D eigenvalue weighted by Crippen LogP contribution is -2.04. The van der Waals surface area contributed by atoms with Gasteiger partial charge in [-0.1, -0.05) is 50.8 Å². The van der Waals surface area contributed by atoms with Crippen molar-refractivity contribution < 1.29 is 24.5 Å². The van der Waals surface area contributed by atoms with E-state index in [1.165, 1.54) is 37.8 Å². The molecule has 2 aromatic rings. The van der Waals surface area contributed by atoms with E-state index in [2.05, 4.69) is 6.92 Å². The van der Waals surface area contributed by atoms with Crippen molar-refractivity contribution in [3.8, 4) is 17.2 Å². The number of ether oxygens (including phenoxy) is 2. The molecule has 0 aliphatic rings.